The van der Waals surface area contributed by atoms with Gasteiger partial charge in [0.1, 0.15) is 6.61 Å². The Balaban J connectivity index is 1.63. The molecule has 5 heteroatoms. The molecule has 0 bridgehead atoms. The Morgan fingerprint density at radius 1 is 1.16 bits per heavy atom. The number of amides is 1. The smallest absolute Gasteiger partial charge is 0.309 e. The van der Waals surface area contributed by atoms with Gasteiger partial charge in [0.2, 0.25) is 5.91 Å². The van der Waals surface area contributed by atoms with Crippen molar-refractivity contribution in [3.8, 4) is 0 Å². The number of hydrogen-bond donors (Lipinski definition) is 0. The van der Waals surface area contributed by atoms with E-state index in [1.165, 1.54) is 12.8 Å². The van der Waals surface area contributed by atoms with Crippen molar-refractivity contribution in [2.45, 2.75) is 32.6 Å². The third kappa shape index (κ3) is 4.49. The molecular weight excluding hydrogens is 246 g/mol. The first-order valence-corrected chi connectivity index (χ1v) is 7.23. The van der Waals surface area contributed by atoms with Gasteiger partial charge in [0.05, 0.1) is 19.1 Å². The molecule has 0 N–H and O–H groups in total. The van der Waals surface area contributed by atoms with Gasteiger partial charge < -0.3 is 14.4 Å². The van der Waals surface area contributed by atoms with E-state index < -0.39 is 0 Å². The number of esters is 1. The van der Waals surface area contributed by atoms with Crippen molar-refractivity contribution in [1.82, 2.24) is 4.90 Å². The first kappa shape index (κ1) is 14.3. The predicted molar refractivity (Wildman–Crippen MR) is 69.5 cm³/mol. The van der Waals surface area contributed by atoms with Crippen LogP contribution in [-0.4, -0.2) is 49.7 Å². The Kier molecular flexibility index (Phi) is 5.19. The summed E-state index contributed by atoms with van der Waals surface area (Å²) in [4.78, 5) is 25.3. The van der Waals surface area contributed by atoms with Crippen molar-refractivity contribution < 1.29 is 19.1 Å². The lowest BCUT2D eigenvalue weighted by molar-refractivity contribution is -0.151. The van der Waals surface area contributed by atoms with Crippen molar-refractivity contribution in [3.05, 3.63) is 0 Å². The maximum atomic E-state index is 11.9. The molecule has 5 nitrogen and oxygen atoms in total. The largest absolute Gasteiger partial charge is 0.466 e. The molecule has 0 unspecified atom stereocenters. The molecule has 0 aromatic rings. The van der Waals surface area contributed by atoms with E-state index >= 15 is 0 Å². The molecule has 1 saturated heterocycles. The summed E-state index contributed by atoms with van der Waals surface area (Å²) in [6.45, 7) is 4.40. The Morgan fingerprint density at radius 3 is 2.42 bits per heavy atom. The number of hydrogen-bond acceptors (Lipinski definition) is 4. The van der Waals surface area contributed by atoms with E-state index in [0.29, 0.717) is 45.1 Å². The van der Waals surface area contributed by atoms with E-state index in [4.69, 9.17) is 9.47 Å². The molecule has 2 fully saturated rings. The summed E-state index contributed by atoms with van der Waals surface area (Å²) in [6, 6.07) is 0. The number of rotatable bonds is 6. The van der Waals surface area contributed by atoms with Crippen molar-refractivity contribution >= 4 is 11.9 Å². The zero-order valence-electron chi connectivity index (χ0n) is 11.6. The Labute approximate surface area is 114 Å². The molecule has 2 rings (SSSR count). The van der Waals surface area contributed by atoms with Gasteiger partial charge in [0.15, 0.2) is 0 Å². The molecule has 1 amide bonds. The number of carbonyl (C=O) groups is 2. The monoisotopic (exact) mass is 269 g/mol. The van der Waals surface area contributed by atoms with Gasteiger partial charge in [-0.3, -0.25) is 9.59 Å². The van der Waals surface area contributed by atoms with Crippen LogP contribution in [0.1, 0.15) is 32.6 Å². The minimum atomic E-state index is -0.125. The van der Waals surface area contributed by atoms with Crippen LogP contribution >= 0.6 is 0 Å². The van der Waals surface area contributed by atoms with Gasteiger partial charge in [-0.1, -0.05) is 0 Å². The maximum absolute atomic E-state index is 11.9. The minimum absolute atomic E-state index is 0.0444. The molecule has 1 heterocycles. The highest BCUT2D eigenvalue weighted by molar-refractivity contribution is 5.78. The summed E-state index contributed by atoms with van der Waals surface area (Å²) < 4.78 is 10.4. The van der Waals surface area contributed by atoms with Crippen LogP contribution in [0.2, 0.25) is 0 Å². The predicted octanol–water partition coefficient (Wildman–Crippen LogP) is 1.21. The second-order valence-electron chi connectivity index (χ2n) is 5.37. The van der Waals surface area contributed by atoms with Gasteiger partial charge in [0.25, 0.3) is 0 Å². The fourth-order valence-corrected chi connectivity index (χ4v) is 2.31. The van der Waals surface area contributed by atoms with Crippen LogP contribution in [0, 0.1) is 11.8 Å². The van der Waals surface area contributed by atoms with Crippen LogP contribution in [0.3, 0.4) is 0 Å². The Bertz CT molecular complexity index is 319. The fourth-order valence-electron chi connectivity index (χ4n) is 2.31. The third-order valence-electron chi connectivity index (χ3n) is 3.74. The van der Waals surface area contributed by atoms with Crippen LogP contribution < -0.4 is 0 Å². The molecule has 2 aliphatic rings. The third-order valence-corrected chi connectivity index (χ3v) is 3.74. The zero-order chi connectivity index (χ0) is 13.7. The Morgan fingerprint density at radius 2 is 1.84 bits per heavy atom. The van der Waals surface area contributed by atoms with Crippen molar-refractivity contribution in [2.75, 3.05) is 32.9 Å². The van der Waals surface area contributed by atoms with Crippen molar-refractivity contribution in [3.63, 3.8) is 0 Å². The SMILES string of the molecule is CCOC(=O)C1CCN(C(=O)COCC2CC2)CC1. The molecule has 0 aromatic heterocycles. The van der Waals surface area contributed by atoms with Crippen molar-refractivity contribution in [1.29, 1.82) is 0 Å². The molecule has 108 valence electrons. The topological polar surface area (TPSA) is 55.8 Å². The molecule has 0 aromatic carbocycles. The summed E-state index contributed by atoms with van der Waals surface area (Å²) in [5, 5.41) is 0. The van der Waals surface area contributed by atoms with Crippen LogP contribution in [0.4, 0.5) is 0 Å². The van der Waals surface area contributed by atoms with Gasteiger partial charge in [-0.05, 0) is 38.5 Å². The average Bonchev–Trinajstić information content (AvgIpc) is 3.23. The summed E-state index contributed by atoms with van der Waals surface area (Å²) >= 11 is 0. The van der Waals surface area contributed by atoms with Gasteiger partial charge >= 0.3 is 5.97 Å². The Hall–Kier alpha value is -1.10. The van der Waals surface area contributed by atoms with Crippen LogP contribution in [-0.2, 0) is 19.1 Å². The molecule has 1 saturated carbocycles. The highest BCUT2D eigenvalue weighted by atomic mass is 16.5. The lowest BCUT2D eigenvalue weighted by Gasteiger charge is -2.30. The minimum Gasteiger partial charge on any atom is -0.466 e. The van der Waals surface area contributed by atoms with Crippen LogP contribution in [0.5, 0.6) is 0 Å². The van der Waals surface area contributed by atoms with Crippen LogP contribution in [0.25, 0.3) is 0 Å². The van der Waals surface area contributed by atoms with Gasteiger partial charge in [-0.15, -0.1) is 0 Å². The van der Waals surface area contributed by atoms with E-state index in [0.717, 1.165) is 0 Å². The average molecular weight is 269 g/mol. The van der Waals surface area contributed by atoms with Gasteiger partial charge in [0, 0.05) is 13.1 Å². The van der Waals surface area contributed by atoms with Gasteiger partial charge in [-0.2, -0.15) is 0 Å². The molecule has 0 atom stereocenters. The second kappa shape index (κ2) is 6.89. The highest BCUT2D eigenvalue weighted by Crippen LogP contribution is 2.28. The number of likely N-dealkylation sites (tertiary alicyclic amines) is 1. The van der Waals surface area contributed by atoms with E-state index in [1.807, 2.05) is 6.92 Å². The van der Waals surface area contributed by atoms with Gasteiger partial charge in [-0.25, -0.2) is 0 Å². The molecule has 19 heavy (non-hydrogen) atoms. The quantitative estimate of drug-likeness (QED) is 0.680. The zero-order valence-corrected chi connectivity index (χ0v) is 11.6. The first-order chi connectivity index (χ1) is 9.20. The number of piperidine rings is 1. The highest BCUT2D eigenvalue weighted by Gasteiger charge is 2.28. The summed E-state index contributed by atoms with van der Waals surface area (Å²) in [5.41, 5.74) is 0. The number of ether oxygens (including phenoxy) is 2. The van der Waals surface area contributed by atoms with E-state index in [1.54, 1.807) is 4.90 Å². The maximum Gasteiger partial charge on any atom is 0.309 e. The summed E-state index contributed by atoms with van der Waals surface area (Å²) in [5.74, 6) is 0.557. The lowest BCUT2D eigenvalue weighted by atomic mass is 9.97. The summed E-state index contributed by atoms with van der Waals surface area (Å²) in [6.07, 6.45) is 3.87. The molecule has 0 radical (unpaired) electrons. The standard InChI is InChI=1S/C14H23NO4/c1-2-19-14(17)12-5-7-15(8-6-12)13(16)10-18-9-11-3-4-11/h11-12H,2-10H2,1H3. The number of carbonyl (C=O) groups excluding carboxylic acids is 2. The molecule has 1 aliphatic carbocycles. The molecule has 0 spiro atoms. The van der Waals surface area contributed by atoms with Crippen molar-refractivity contribution in [2.24, 2.45) is 11.8 Å². The second-order valence-corrected chi connectivity index (χ2v) is 5.37. The van der Waals surface area contributed by atoms with E-state index in [-0.39, 0.29) is 24.4 Å². The fraction of sp³-hybridized carbons (Fsp3) is 0.857. The lowest BCUT2D eigenvalue weighted by Crippen LogP contribution is -2.42. The molecular formula is C14H23NO4. The van der Waals surface area contributed by atoms with Crippen LogP contribution in [0.15, 0.2) is 0 Å². The normalized spacial score (nSPS) is 20.4. The number of nitrogens with zero attached hydrogens (tertiary/aromatic N) is 1. The van der Waals surface area contributed by atoms with E-state index in [2.05, 4.69) is 0 Å². The van der Waals surface area contributed by atoms with E-state index in [9.17, 15) is 9.59 Å². The summed E-state index contributed by atoms with van der Waals surface area (Å²) in [7, 11) is 0. The molecule has 1 aliphatic heterocycles. The first-order valence-electron chi connectivity index (χ1n) is 7.23.